The molecule has 0 bridgehead atoms. The molecule has 124 valence electrons. The number of carbonyl (C=O) groups is 1. The minimum atomic E-state index is -0.267. The summed E-state index contributed by atoms with van der Waals surface area (Å²) in [5, 5.41) is 16.4. The molecule has 1 amide bonds. The van der Waals surface area contributed by atoms with Gasteiger partial charge in [-0.05, 0) is 43.7 Å². The first kappa shape index (κ1) is 17.8. The Labute approximate surface area is 146 Å². The van der Waals surface area contributed by atoms with Crippen LogP contribution in [0.3, 0.4) is 0 Å². The second-order valence-corrected chi connectivity index (χ2v) is 5.74. The maximum absolute atomic E-state index is 12.0. The zero-order chi connectivity index (χ0) is 17.5. The number of amides is 1. The molecule has 2 rings (SSSR count). The summed E-state index contributed by atoms with van der Waals surface area (Å²) in [5.74, 6) is -0.267. The smallest absolute Gasteiger partial charge is 0.248 e. The summed E-state index contributed by atoms with van der Waals surface area (Å²) in [6.07, 6.45) is 5.17. The van der Waals surface area contributed by atoms with E-state index >= 15 is 0 Å². The van der Waals surface area contributed by atoms with E-state index < -0.39 is 0 Å². The number of hydrogen-bond acceptors (Lipinski definition) is 3. The van der Waals surface area contributed by atoms with Crippen LogP contribution in [0.4, 0.5) is 5.69 Å². The van der Waals surface area contributed by atoms with Crippen molar-refractivity contribution in [3.8, 4) is 6.07 Å². The first-order valence-electron chi connectivity index (χ1n) is 7.77. The predicted molar refractivity (Wildman–Crippen MR) is 95.7 cm³/mol. The van der Waals surface area contributed by atoms with Gasteiger partial charge in [-0.3, -0.25) is 9.48 Å². The van der Waals surface area contributed by atoms with Crippen molar-refractivity contribution in [2.45, 2.75) is 33.2 Å². The molecule has 0 atom stereocenters. The Hall–Kier alpha value is -2.58. The van der Waals surface area contributed by atoms with E-state index in [1.165, 1.54) is 6.08 Å². The quantitative estimate of drug-likeness (QED) is 0.801. The topological polar surface area (TPSA) is 70.7 Å². The van der Waals surface area contributed by atoms with Gasteiger partial charge in [-0.25, -0.2) is 0 Å². The van der Waals surface area contributed by atoms with E-state index in [0.29, 0.717) is 16.4 Å². The van der Waals surface area contributed by atoms with Crippen molar-refractivity contribution in [1.29, 1.82) is 5.26 Å². The molecule has 0 fully saturated rings. The number of unbranched alkanes of at least 4 members (excludes halogenated alkanes) is 1. The van der Waals surface area contributed by atoms with Crippen LogP contribution in [0.2, 0.25) is 5.15 Å². The highest BCUT2D eigenvalue weighted by molar-refractivity contribution is 6.31. The third-order valence-electron chi connectivity index (χ3n) is 3.52. The molecule has 6 heteroatoms. The number of benzene rings is 1. The SMILES string of the molecule is CCCCn1nc(C)c(/C=C/C(=O)Nc2ccc(C#N)cc2)c1Cl. The van der Waals surface area contributed by atoms with Gasteiger partial charge >= 0.3 is 0 Å². The minimum Gasteiger partial charge on any atom is -0.323 e. The molecule has 0 aliphatic heterocycles. The molecule has 1 N–H and O–H groups in total. The molecule has 2 aromatic rings. The normalized spacial score (nSPS) is 10.8. The second-order valence-electron chi connectivity index (χ2n) is 5.38. The standard InChI is InChI=1S/C18H19ClN4O/c1-3-4-11-23-18(19)16(13(2)22-23)9-10-17(24)21-15-7-5-14(12-20)6-8-15/h5-10H,3-4,11H2,1-2H3,(H,21,24)/b10-9+. The van der Waals surface area contributed by atoms with Gasteiger partial charge in [0, 0.05) is 23.9 Å². The highest BCUT2D eigenvalue weighted by Crippen LogP contribution is 2.22. The Balaban J connectivity index is 2.05. The molecule has 1 aromatic carbocycles. The van der Waals surface area contributed by atoms with E-state index in [2.05, 4.69) is 17.3 Å². The van der Waals surface area contributed by atoms with Crippen LogP contribution in [0.25, 0.3) is 6.08 Å². The fourth-order valence-electron chi connectivity index (χ4n) is 2.18. The Morgan fingerprint density at radius 1 is 1.42 bits per heavy atom. The van der Waals surface area contributed by atoms with Crippen molar-refractivity contribution in [3.63, 3.8) is 0 Å². The van der Waals surface area contributed by atoms with E-state index in [1.807, 2.05) is 13.0 Å². The lowest BCUT2D eigenvalue weighted by Gasteiger charge is -2.02. The molecular formula is C18H19ClN4O. The van der Waals surface area contributed by atoms with E-state index in [4.69, 9.17) is 16.9 Å². The summed E-state index contributed by atoms with van der Waals surface area (Å²) in [4.78, 5) is 12.0. The molecule has 1 heterocycles. The van der Waals surface area contributed by atoms with Crippen LogP contribution >= 0.6 is 11.6 Å². The van der Waals surface area contributed by atoms with Crippen molar-refractivity contribution in [3.05, 3.63) is 52.3 Å². The van der Waals surface area contributed by atoms with Crippen LogP contribution in [-0.4, -0.2) is 15.7 Å². The number of carbonyl (C=O) groups excluding carboxylic acids is 1. The third kappa shape index (κ3) is 4.46. The lowest BCUT2D eigenvalue weighted by atomic mass is 10.2. The number of nitriles is 1. The number of nitrogens with zero attached hydrogens (tertiary/aromatic N) is 3. The van der Waals surface area contributed by atoms with Gasteiger partial charge in [0.25, 0.3) is 0 Å². The fraction of sp³-hybridized carbons (Fsp3) is 0.278. The largest absolute Gasteiger partial charge is 0.323 e. The molecule has 0 aliphatic rings. The van der Waals surface area contributed by atoms with Gasteiger partial charge in [-0.1, -0.05) is 24.9 Å². The van der Waals surface area contributed by atoms with Crippen LogP contribution in [0, 0.1) is 18.3 Å². The molecule has 0 aliphatic carbocycles. The number of nitrogens with one attached hydrogen (secondary N) is 1. The van der Waals surface area contributed by atoms with Crippen LogP contribution in [0.5, 0.6) is 0 Å². The summed E-state index contributed by atoms with van der Waals surface area (Å²) in [6.45, 7) is 4.74. The van der Waals surface area contributed by atoms with Crippen molar-refractivity contribution in [1.82, 2.24) is 9.78 Å². The Morgan fingerprint density at radius 2 is 2.12 bits per heavy atom. The molecule has 1 aromatic heterocycles. The summed E-state index contributed by atoms with van der Waals surface area (Å²) >= 11 is 6.33. The van der Waals surface area contributed by atoms with Crippen LogP contribution in [0.15, 0.2) is 30.3 Å². The number of rotatable bonds is 6. The molecule has 24 heavy (non-hydrogen) atoms. The summed E-state index contributed by atoms with van der Waals surface area (Å²) in [5.41, 5.74) is 2.72. The maximum atomic E-state index is 12.0. The van der Waals surface area contributed by atoms with Crippen molar-refractivity contribution < 1.29 is 4.79 Å². The first-order valence-corrected chi connectivity index (χ1v) is 8.15. The van der Waals surface area contributed by atoms with Crippen LogP contribution in [-0.2, 0) is 11.3 Å². The molecule has 0 radical (unpaired) electrons. The van der Waals surface area contributed by atoms with Gasteiger partial charge in [0.1, 0.15) is 5.15 Å². The molecule has 0 unspecified atom stereocenters. The molecule has 0 saturated carbocycles. The number of anilines is 1. The molecule has 5 nitrogen and oxygen atoms in total. The zero-order valence-corrected chi connectivity index (χ0v) is 14.5. The van der Waals surface area contributed by atoms with E-state index in [9.17, 15) is 4.79 Å². The molecular weight excluding hydrogens is 324 g/mol. The lowest BCUT2D eigenvalue weighted by Crippen LogP contribution is -2.07. The van der Waals surface area contributed by atoms with Gasteiger partial charge in [0.05, 0.1) is 17.3 Å². The third-order valence-corrected chi connectivity index (χ3v) is 3.91. The van der Waals surface area contributed by atoms with Gasteiger partial charge in [-0.15, -0.1) is 0 Å². The van der Waals surface area contributed by atoms with Gasteiger partial charge < -0.3 is 5.32 Å². The van der Waals surface area contributed by atoms with Gasteiger partial charge in [0.2, 0.25) is 5.91 Å². The number of aromatic nitrogens is 2. The van der Waals surface area contributed by atoms with Crippen molar-refractivity contribution in [2.75, 3.05) is 5.32 Å². The van der Waals surface area contributed by atoms with E-state index in [0.717, 1.165) is 30.6 Å². The van der Waals surface area contributed by atoms with Crippen LogP contribution in [0.1, 0.15) is 36.6 Å². The Morgan fingerprint density at radius 3 is 2.75 bits per heavy atom. The summed E-state index contributed by atoms with van der Waals surface area (Å²) < 4.78 is 1.76. The molecule has 0 spiro atoms. The van der Waals surface area contributed by atoms with E-state index in [-0.39, 0.29) is 5.91 Å². The van der Waals surface area contributed by atoms with Crippen molar-refractivity contribution >= 4 is 29.3 Å². The average molecular weight is 343 g/mol. The van der Waals surface area contributed by atoms with Crippen LogP contribution < -0.4 is 5.32 Å². The van der Waals surface area contributed by atoms with E-state index in [1.54, 1.807) is 35.0 Å². The summed E-state index contributed by atoms with van der Waals surface area (Å²) in [6, 6.07) is 8.71. The van der Waals surface area contributed by atoms with Gasteiger partial charge in [0.15, 0.2) is 0 Å². The highest BCUT2D eigenvalue weighted by atomic mass is 35.5. The maximum Gasteiger partial charge on any atom is 0.248 e. The Kier molecular flexibility index (Phi) is 6.16. The zero-order valence-electron chi connectivity index (χ0n) is 13.7. The fourth-order valence-corrected chi connectivity index (χ4v) is 2.51. The Bertz CT molecular complexity index is 785. The lowest BCUT2D eigenvalue weighted by molar-refractivity contribution is -0.111. The predicted octanol–water partition coefficient (Wildman–Crippen LogP) is 4.17. The minimum absolute atomic E-state index is 0.267. The number of hydrogen-bond donors (Lipinski definition) is 1. The molecule has 0 saturated heterocycles. The van der Waals surface area contributed by atoms with Crippen molar-refractivity contribution in [2.24, 2.45) is 0 Å². The summed E-state index contributed by atoms with van der Waals surface area (Å²) in [7, 11) is 0. The number of halogens is 1. The first-order chi connectivity index (χ1) is 11.5. The van der Waals surface area contributed by atoms with Gasteiger partial charge in [-0.2, -0.15) is 10.4 Å². The highest BCUT2D eigenvalue weighted by Gasteiger charge is 2.11. The average Bonchev–Trinajstić information content (AvgIpc) is 2.85. The number of aryl methyl sites for hydroxylation is 2. The second kappa shape index (κ2) is 8.32. The monoisotopic (exact) mass is 342 g/mol.